The number of hydrogen-bond donors (Lipinski definition) is 3. The van der Waals surface area contributed by atoms with E-state index in [1.807, 2.05) is 24.3 Å². The molecule has 2 rings (SSSR count). The molecule has 5 nitrogen and oxygen atoms in total. The summed E-state index contributed by atoms with van der Waals surface area (Å²) < 4.78 is 0. The van der Waals surface area contributed by atoms with Gasteiger partial charge in [-0.05, 0) is 38.1 Å². The SMILES string of the molecule is CCCNC(C)c1csc(Nc2cccc(NC(C)=O)c2)n1. The molecule has 0 saturated carbocycles. The van der Waals surface area contributed by atoms with Crippen molar-refractivity contribution in [2.75, 3.05) is 17.2 Å². The van der Waals surface area contributed by atoms with E-state index in [0.717, 1.165) is 35.2 Å². The van der Waals surface area contributed by atoms with E-state index in [9.17, 15) is 4.79 Å². The van der Waals surface area contributed by atoms with Crippen molar-refractivity contribution in [2.45, 2.75) is 33.2 Å². The molecule has 0 radical (unpaired) electrons. The summed E-state index contributed by atoms with van der Waals surface area (Å²) in [7, 11) is 0. The molecule has 0 bridgehead atoms. The Morgan fingerprint density at radius 2 is 2.14 bits per heavy atom. The first-order valence-corrected chi connectivity index (χ1v) is 8.30. The molecular formula is C16H22N4OS. The molecule has 2 aromatic rings. The molecule has 1 aromatic carbocycles. The van der Waals surface area contributed by atoms with Gasteiger partial charge < -0.3 is 16.0 Å². The lowest BCUT2D eigenvalue weighted by atomic mass is 10.2. The van der Waals surface area contributed by atoms with E-state index < -0.39 is 0 Å². The summed E-state index contributed by atoms with van der Waals surface area (Å²) in [6, 6.07) is 7.84. The number of nitrogens with one attached hydrogen (secondary N) is 3. The predicted octanol–water partition coefficient (Wildman–Crippen LogP) is 3.91. The van der Waals surface area contributed by atoms with Crippen LogP contribution < -0.4 is 16.0 Å². The molecule has 0 aliphatic carbocycles. The highest BCUT2D eigenvalue weighted by atomic mass is 32.1. The van der Waals surface area contributed by atoms with Crippen molar-refractivity contribution < 1.29 is 4.79 Å². The average molecular weight is 318 g/mol. The second-order valence-electron chi connectivity index (χ2n) is 5.14. The normalized spacial score (nSPS) is 12.0. The molecule has 0 aliphatic rings. The van der Waals surface area contributed by atoms with E-state index in [0.29, 0.717) is 0 Å². The highest BCUT2D eigenvalue weighted by Gasteiger charge is 2.09. The van der Waals surface area contributed by atoms with Crippen LogP contribution in [0, 0.1) is 0 Å². The molecular weight excluding hydrogens is 296 g/mol. The van der Waals surface area contributed by atoms with Gasteiger partial charge in [0.25, 0.3) is 0 Å². The number of nitrogens with zero attached hydrogens (tertiary/aromatic N) is 1. The molecule has 0 saturated heterocycles. The number of rotatable bonds is 7. The van der Waals surface area contributed by atoms with Gasteiger partial charge in [-0.1, -0.05) is 13.0 Å². The zero-order valence-electron chi connectivity index (χ0n) is 13.1. The van der Waals surface area contributed by atoms with Crippen LogP contribution in [0.3, 0.4) is 0 Å². The Kier molecular flexibility index (Phi) is 5.91. The van der Waals surface area contributed by atoms with Gasteiger partial charge in [0.2, 0.25) is 5.91 Å². The van der Waals surface area contributed by atoms with Crippen LogP contribution in [0.2, 0.25) is 0 Å². The monoisotopic (exact) mass is 318 g/mol. The Bertz CT molecular complexity index is 626. The Morgan fingerprint density at radius 1 is 1.36 bits per heavy atom. The van der Waals surface area contributed by atoms with Crippen LogP contribution in [0.5, 0.6) is 0 Å². The van der Waals surface area contributed by atoms with E-state index >= 15 is 0 Å². The summed E-state index contributed by atoms with van der Waals surface area (Å²) in [4.78, 5) is 15.7. The van der Waals surface area contributed by atoms with Crippen molar-refractivity contribution in [3.63, 3.8) is 0 Å². The largest absolute Gasteiger partial charge is 0.331 e. The van der Waals surface area contributed by atoms with Crippen LogP contribution in [0.1, 0.15) is 38.9 Å². The molecule has 1 heterocycles. The van der Waals surface area contributed by atoms with E-state index in [1.54, 1.807) is 11.3 Å². The standard InChI is InChI=1S/C16H22N4OS/c1-4-8-17-11(2)15-10-22-16(20-15)19-14-7-5-6-13(9-14)18-12(3)21/h5-7,9-11,17H,4,8H2,1-3H3,(H,18,21)(H,19,20). The molecule has 22 heavy (non-hydrogen) atoms. The quantitative estimate of drug-likeness (QED) is 0.724. The van der Waals surface area contributed by atoms with E-state index in [2.05, 4.69) is 40.2 Å². The number of thiazole rings is 1. The molecule has 1 atom stereocenters. The number of aromatic nitrogens is 1. The maximum atomic E-state index is 11.1. The van der Waals surface area contributed by atoms with Gasteiger partial charge in [-0.25, -0.2) is 4.98 Å². The third-order valence-electron chi connectivity index (χ3n) is 3.10. The van der Waals surface area contributed by atoms with Crippen LogP contribution in [0.25, 0.3) is 0 Å². The minimum atomic E-state index is -0.0792. The minimum Gasteiger partial charge on any atom is -0.331 e. The number of carbonyl (C=O) groups is 1. The lowest BCUT2D eigenvalue weighted by molar-refractivity contribution is -0.114. The molecule has 6 heteroatoms. The van der Waals surface area contributed by atoms with E-state index in [1.165, 1.54) is 6.92 Å². The van der Waals surface area contributed by atoms with Gasteiger partial charge in [0.15, 0.2) is 5.13 Å². The van der Waals surface area contributed by atoms with Crippen molar-refractivity contribution in [1.29, 1.82) is 0 Å². The van der Waals surface area contributed by atoms with Crippen LogP contribution in [-0.2, 0) is 4.79 Å². The third-order valence-corrected chi connectivity index (χ3v) is 3.88. The molecule has 1 amide bonds. The number of carbonyl (C=O) groups excluding carboxylic acids is 1. The molecule has 1 aromatic heterocycles. The zero-order chi connectivity index (χ0) is 15.9. The van der Waals surface area contributed by atoms with Gasteiger partial charge in [-0.2, -0.15) is 0 Å². The minimum absolute atomic E-state index is 0.0792. The fourth-order valence-corrected chi connectivity index (χ4v) is 2.83. The number of benzene rings is 1. The molecule has 3 N–H and O–H groups in total. The predicted molar refractivity (Wildman–Crippen MR) is 92.9 cm³/mol. The summed E-state index contributed by atoms with van der Waals surface area (Å²) in [5.41, 5.74) is 2.72. The summed E-state index contributed by atoms with van der Waals surface area (Å²) in [6.07, 6.45) is 1.11. The topological polar surface area (TPSA) is 66.0 Å². The van der Waals surface area contributed by atoms with Gasteiger partial charge in [0, 0.05) is 29.7 Å². The van der Waals surface area contributed by atoms with Crippen molar-refractivity contribution in [2.24, 2.45) is 0 Å². The van der Waals surface area contributed by atoms with Crippen molar-refractivity contribution >= 4 is 33.8 Å². The third kappa shape index (κ3) is 4.82. The second kappa shape index (κ2) is 7.91. The van der Waals surface area contributed by atoms with Crippen LogP contribution in [0.15, 0.2) is 29.6 Å². The summed E-state index contributed by atoms with van der Waals surface area (Å²) >= 11 is 1.58. The van der Waals surface area contributed by atoms with Crippen molar-refractivity contribution in [1.82, 2.24) is 10.3 Å². The maximum Gasteiger partial charge on any atom is 0.221 e. The lowest BCUT2D eigenvalue weighted by Crippen LogP contribution is -2.19. The molecule has 1 unspecified atom stereocenters. The van der Waals surface area contributed by atoms with Crippen LogP contribution >= 0.6 is 11.3 Å². The summed E-state index contributed by atoms with van der Waals surface area (Å²) in [5.74, 6) is -0.0792. The summed E-state index contributed by atoms with van der Waals surface area (Å²) in [6.45, 7) is 6.75. The maximum absolute atomic E-state index is 11.1. The first kappa shape index (κ1) is 16.5. The van der Waals surface area contributed by atoms with E-state index in [-0.39, 0.29) is 11.9 Å². The van der Waals surface area contributed by atoms with Crippen molar-refractivity contribution in [3.05, 3.63) is 35.3 Å². The van der Waals surface area contributed by atoms with E-state index in [4.69, 9.17) is 0 Å². The van der Waals surface area contributed by atoms with Gasteiger partial charge in [0.1, 0.15) is 0 Å². The zero-order valence-corrected chi connectivity index (χ0v) is 14.0. The molecule has 0 aliphatic heterocycles. The Labute approximate surface area is 135 Å². The second-order valence-corrected chi connectivity index (χ2v) is 6.00. The van der Waals surface area contributed by atoms with Crippen molar-refractivity contribution in [3.8, 4) is 0 Å². The highest BCUT2D eigenvalue weighted by molar-refractivity contribution is 7.13. The number of anilines is 3. The van der Waals surface area contributed by atoms with Gasteiger partial charge >= 0.3 is 0 Å². The first-order chi connectivity index (χ1) is 10.6. The lowest BCUT2D eigenvalue weighted by Gasteiger charge is -2.10. The number of amides is 1. The van der Waals surface area contributed by atoms with Gasteiger partial charge in [-0.15, -0.1) is 11.3 Å². The van der Waals surface area contributed by atoms with Crippen LogP contribution in [-0.4, -0.2) is 17.4 Å². The average Bonchev–Trinajstić information content (AvgIpc) is 2.93. The van der Waals surface area contributed by atoms with Gasteiger partial charge in [-0.3, -0.25) is 4.79 Å². The Morgan fingerprint density at radius 3 is 2.86 bits per heavy atom. The molecule has 118 valence electrons. The fourth-order valence-electron chi connectivity index (χ4n) is 2.01. The molecule has 0 spiro atoms. The first-order valence-electron chi connectivity index (χ1n) is 7.42. The van der Waals surface area contributed by atoms with Crippen LogP contribution in [0.4, 0.5) is 16.5 Å². The summed E-state index contributed by atoms with van der Waals surface area (Å²) in [5, 5.41) is 12.4. The molecule has 0 fully saturated rings. The van der Waals surface area contributed by atoms with Gasteiger partial charge in [0.05, 0.1) is 5.69 Å². The fraction of sp³-hybridized carbons (Fsp3) is 0.375. The smallest absolute Gasteiger partial charge is 0.221 e. The number of hydrogen-bond acceptors (Lipinski definition) is 5. The Balaban J connectivity index is 2.02. The highest BCUT2D eigenvalue weighted by Crippen LogP contribution is 2.25. The Hall–Kier alpha value is -1.92.